The van der Waals surface area contributed by atoms with E-state index in [0.29, 0.717) is 0 Å². The highest BCUT2D eigenvalue weighted by Crippen LogP contribution is 2.10. The van der Waals surface area contributed by atoms with Gasteiger partial charge in [0.15, 0.2) is 0 Å². The third kappa shape index (κ3) is 13.0. The molecule has 0 amide bonds. The first-order valence-corrected chi connectivity index (χ1v) is 7.11. The Kier molecular flexibility index (Phi) is 17.6. The fraction of sp³-hybridized carbons (Fsp3) is 0.529. The van der Waals surface area contributed by atoms with Crippen LogP contribution >= 0.6 is 0 Å². The molecular formula is C17H31NO. The molecule has 0 aromatic heterocycles. The minimum absolute atomic E-state index is 0. The maximum atomic E-state index is 5.63. The van der Waals surface area contributed by atoms with E-state index < -0.39 is 0 Å². The van der Waals surface area contributed by atoms with Crippen molar-refractivity contribution in [3.8, 4) is 5.75 Å². The lowest BCUT2D eigenvalue weighted by Crippen LogP contribution is -1.96. The molecule has 0 unspecified atom stereocenters. The van der Waals surface area contributed by atoms with Crippen LogP contribution in [0.4, 0.5) is 0 Å². The van der Waals surface area contributed by atoms with Crippen LogP contribution in [0.3, 0.4) is 0 Å². The first kappa shape index (κ1) is 20.0. The van der Waals surface area contributed by atoms with E-state index in [1.807, 2.05) is 30.3 Å². The average molecular weight is 265 g/mol. The van der Waals surface area contributed by atoms with Crippen molar-refractivity contribution in [2.45, 2.75) is 51.9 Å². The van der Waals surface area contributed by atoms with E-state index in [1.54, 1.807) is 0 Å². The van der Waals surface area contributed by atoms with E-state index in [2.05, 4.69) is 20.1 Å². The fourth-order valence-corrected chi connectivity index (χ4v) is 1.77. The normalized spacial score (nSPS) is 8.89. The fourth-order valence-electron chi connectivity index (χ4n) is 1.77. The minimum Gasteiger partial charge on any atom is -0.494 e. The summed E-state index contributed by atoms with van der Waals surface area (Å²) in [6.07, 6.45) is 9.35. The maximum Gasteiger partial charge on any atom is 0.119 e. The van der Waals surface area contributed by atoms with Crippen LogP contribution < -0.4 is 10.9 Å². The van der Waals surface area contributed by atoms with E-state index in [4.69, 9.17) is 4.74 Å². The summed E-state index contributed by atoms with van der Waals surface area (Å²) in [5.41, 5.74) is 0. The molecule has 0 aliphatic rings. The zero-order chi connectivity index (χ0) is 13.5. The van der Waals surface area contributed by atoms with Gasteiger partial charge in [0.05, 0.1) is 6.61 Å². The van der Waals surface area contributed by atoms with Gasteiger partial charge in [0, 0.05) is 0 Å². The van der Waals surface area contributed by atoms with Crippen molar-refractivity contribution in [1.29, 1.82) is 0 Å². The maximum absolute atomic E-state index is 5.63. The summed E-state index contributed by atoms with van der Waals surface area (Å²) < 4.78 is 5.63. The average Bonchev–Trinajstić information content (AvgIpc) is 2.45. The van der Waals surface area contributed by atoms with Gasteiger partial charge in [-0.1, -0.05) is 63.6 Å². The number of para-hydroxylation sites is 1. The van der Waals surface area contributed by atoms with Gasteiger partial charge in [-0.15, -0.1) is 13.2 Å². The molecule has 2 heteroatoms. The lowest BCUT2D eigenvalue weighted by atomic mass is 10.1. The number of benzene rings is 1. The molecule has 0 radical (unpaired) electrons. The number of hydrogen-bond acceptors (Lipinski definition) is 2. The number of rotatable bonds is 9. The highest BCUT2D eigenvalue weighted by Gasteiger charge is 1.93. The molecule has 2 nitrogen and oxygen atoms in total. The summed E-state index contributed by atoms with van der Waals surface area (Å²) in [7, 11) is 0. The number of hydrogen-bond donors (Lipinski definition) is 1. The molecule has 0 atom stereocenters. The molecule has 0 saturated heterocycles. The van der Waals surface area contributed by atoms with Crippen LogP contribution in [-0.2, 0) is 0 Å². The Bertz CT molecular complexity index is 261. The van der Waals surface area contributed by atoms with E-state index >= 15 is 0 Å². The van der Waals surface area contributed by atoms with E-state index in [0.717, 1.165) is 12.4 Å². The Labute approximate surface area is 119 Å². The van der Waals surface area contributed by atoms with Crippen LogP contribution in [0.25, 0.3) is 0 Å². The minimum atomic E-state index is 0. The predicted molar refractivity (Wildman–Crippen MR) is 86.2 cm³/mol. The first-order valence-electron chi connectivity index (χ1n) is 7.11. The van der Waals surface area contributed by atoms with Crippen molar-refractivity contribution in [1.82, 2.24) is 6.15 Å². The van der Waals surface area contributed by atoms with Crippen LogP contribution in [0.1, 0.15) is 51.9 Å². The summed E-state index contributed by atoms with van der Waals surface area (Å²) in [6, 6.07) is 10.1. The topological polar surface area (TPSA) is 44.2 Å². The van der Waals surface area contributed by atoms with E-state index in [9.17, 15) is 0 Å². The highest BCUT2D eigenvalue weighted by molar-refractivity contribution is 5.20. The molecule has 19 heavy (non-hydrogen) atoms. The summed E-state index contributed by atoms with van der Waals surface area (Å²) in [5, 5.41) is 0. The standard InChI is InChI=1S/C15H24O.C2H4.H3N/c1-2-3-4-5-6-7-11-14-16-15-12-9-8-10-13-15;1-2;/h8-10,12-13H,2-7,11,14H2,1H3;1-2H2;1H3. The highest BCUT2D eigenvalue weighted by atomic mass is 16.5. The molecule has 1 aromatic rings. The van der Waals surface area contributed by atoms with Gasteiger partial charge in [0.25, 0.3) is 0 Å². The smallest absolute Gasteiger partial charge is 0.119 e. The lowest BCUT2D eigenvalue weighted by molar-refractivity contribution is 0.304. The van der Waals surface area contributed by atoms with Crippen LogP contribution in [0.2, 0.25) is 0 Å². The first-order chi connectivity index (χ1) is 8.93. The van der Waals surface area contributed by atoms with Crippen LogP contribution in [0, 0.1) is 0 Å². The third-order valence-corrected chi connectivity index (χ3v) is 2.76. The van der Waals surface area contributed by atoms with Crippen LogP contribution in [-0.4, -0.2) is 6.61 Å². The predicted octanol–water partition coefficient (Wildman–Crippen LogP) is 5.78. The zero-order valence-corrected chi connectivity index (χ0v) is 12.6. The van der Waals surface area contributed by atoms with Gasteiger partial charge in [0.2, 0.25) is 0 Å². The molecule has 110 valence electrons. The zero-order valence-electron chi connectivity index (χ0n) is 12.6. The SMILES string of the molecule is C=C.CCCCCCCCCOc1ccccc1.N. The molecule has 0 fully saturated rings. The molecule has 0 saturated carbocycles. The second-order valence-electron chi connectivity index (χ2n) is 4.28. The summed E-state index contributed by atoms with van der Waals surface area (Å²) >= 11 is 0. The summed E-state index contributed by atoms with van der Waals surface area (Å²) in [6.45, 7) is 9.12. The van der Waals surface area contributed by atoms with E-state index in [1.165, 1.54) is 44.9 Å². The molecule has 0 heterocycles. The molecule has 0 spiro atoms. The van der Waals surface area contributed by atoms with Gasteiger partial charge in [-0.3, -0.25) is 0 Å². The summed E-state index contributed by atoms with van der Waals surface area (Å²) in [5.74, 6) is 0.994. The molecule has 3 N–H and O–H groups in total. The number of ether oxygens (including phenoxy) is 1. The second kappa shape index (κ2) is 16.7. The van der Waals surface area contributed by atoms with E-state index in [-0.39, 0.29) is 6.15 Å². The van der Waals surface area contributed by atoms with Gasteiger partial charge >= 0.3 is 0 Å². The Morgan fingerprint density at radius 3 is 1.95 bits per heavy atom. The van der Waals surface area contributed by atoms with Crippen LogP contribution in [0.5, 0.6) is 5.75 Å². The lowest BCUT2D eigenvalue weighted by Gasteiger charge is -2.05. The monoisotopic (exact) mass is 265 g/mol. The van der Waals surface area contributed by atoms with Gasteiger partial charge in [-0.25, -0.2) is 0 Å². The van der Waals surface area contributed by atoms with Crippen molar-refractivity contribution in [3.05, 3.63) is 43.5 Å². The van der Waals surface area contributed by atoms with Gasteiger partial charge in [-0.05, 0) is 18.6 Å². The van der Waals surface area contributed by atoms with Crippen molar-refractivity contribution in [2.24, 2.45) is 0 Å². The Morgan fingerprint density at radius 2 is 1.37 bits per heavy atom. The molecule has 0 bridgehead atoms. The second-order valence-corrected chi connectivity index (χ2v) is 4.28. The third-order valence-electron chi connectivity index (χ3n) is 2.76. The van der Waals surface area contributed by atoms with Crippen molar-refractivity contribution in [2.75, 3.05) is 6.61 Å². The molecular weight excluding hydrogens is 234 g/mol. The Morgan fingerprint density at radius 1 is 0.842 bits per heavy atom. The molecule has 1 rings (SSSR count). The number of unbranched alkanes of at least 4 members (excludes halogenated alkanes) is 6. The quantitative estimate of drug-likeness (QED) is 0.454. The largest absolute Gasteiger partial charge is 0.494 e. The summed E-state index contributed by atoms with van der Waals surface area (Å²) in [4.78, 5) is 0. The Balaban J connectivity index is 0. The van der Waals surface area contributed by atoms with Crippen molar-refractivity contribution in [3.63, 3.8) is 0 Å². The van der Waals surface area contributed by atoms with Crippen molar-refractivity contribution >= 4 is 0 Å². The molecule has 0 aliphatic carbocycles. The van der Waals surface area contributed by atoms with Crippen molar-refractivity contribution < 1.29 is 4.74 Å². The Hall–Kier alpha value is -1.28. The van der Waals surface area contributed by atoms with Gasteiger partial charge < -0.3 is 10.9 Å². The molecule has 0 aliphatic heterocycles. The molecule has 1 aromatic carbocycles. The van der Waals surface area contributed by atoms with Gasteiger partial charge in [-0.2, -0.15) is 0 Å². The van der Waals surface area contributed by atoms with Gasteiger partial charge in [0.1, 0.15) is 5.75 Å². The van der Waals surface area contributed by atoms with Crippen LogP contribution in [0.15, 0.2) is 43.5 Å².